The molecule has 0 aromatic heterocycles. The zero-order valence-electron chi connectivity index (χ0n) is 6.65. The summed E-state index contributed by atoms with van der Waals surface area (Å²) >= 11 is -0.827. The number of hydrogen-bond acceptors (Lipinski definition) is 0. The van der Waals surface area contributed by atoms with Crippen molar-refractivity contribution >= 4 is 21.8 Å². The van der Waals surface area contributed by atoms with Gasteiger partial charge in [0, 0.05) is 0 Å². The van der Waals surface area contributed by atoms with Crippen molar-refractivity contribution in [1.29, 1.82) is 0 Å². The van der Waals surface area contributed by atoms with Gasteiger partial charge in [0.2, 0.25) is 0 Å². The zero-order valence-corrected chi connectivity index (χ0v) is 10.1. The van der Waals surface area contributed by atoms with E-state index in [2.05, 4.69) is 30.0 Å². The van der Waals surface area contributed by atoms with Crippen LogP contribution in [0.4, 0.5) is 0 Å². The molecule has 0 nitrogen and oxygen atoms in total. The minimum absolute atomic E-state index is 0.613. The van der Waals surface area contributed by atoms with Gasteiger partial charge >= 0.3 is 61.3 Å². The van der Waals surface area contributed by atoms with Gasteiger partial charge in [0.15, 0.2) is 0 Å². The molecule has 0 amide bonds. The molecule has 8 heavy (non-hydrogen) atoms. The van der Waals surface area contributed by atoms with Gasteiger partial charge in [-0.05, 0) is 0 Å². The van der Waals surface area contributed by atoms with E-state index in [0.717, 1.165) is 0 Å². The van der Waals surface area contributed by atoms with E-state index in [1.54, 1.807) is 0 Å². The second-order valence-corrected chi connectivity index (χ2v) is 13.4. The molecule has 0 heterocycles. The van der Waals surface area contributed by atoms with E-state index >= 15 is 0 Å². The van der Waals surface area contributed by atoms with Crippen LogP contribution in [0.5, 0.6) is 0 Å². The van der Waals surface area contributed by atoms with Crippen molar-refractivity contribution in [3.8, 4) is 0 Å². The second-order valence-electron chi connectivity index (χ2n) is 3.80. The quantitative estimate of drug-likeness (QED) is 0.653. The summed E-state index contributed by atoms with van der Waals surface area (Å²) < 4.78 is 6.48. The molecule has 50 valence electrons. The Balaban J connectivity index is 3.39. The Labute approximate surface area is 61.4 Å². The molecule has 0 aromatic carbocycles. The molecule has 0 fully saturated rings. The van der Waals surface area contributed by atoms with Crippen LogP contribution in [-0.2, 0) is 0 Å². The molecule has 1 heteroatoms. The monoisotopic (exact) mass is 310 g/mol. The molecular formula is C7H17Bi. The Morgan fingerprint density at radius 2 is 1.50 bits per heavy atom. The van der Waals surface area contributed by atoms with Crippen LogP contribution < -0.4 is 0 Å². The van der Waals surface area contributed by atoms with Crippen molar-refractivity contribution in [2.45, 2.75) is 34.2 Å². The Bertz CT molecular complexity index is 59.3. The maximum absolute atomic E-state index is 2.47. The molecule has 0 spiro atoms. The van der Waals surface area contributed by atoms with Crippen LogP contribution in [0, 0.1) is 5.41 Å². The minimum atomic E-state index is -0.827. The fourth-order valence-corrected chi connectivity index (χ4v) is 8.32. The van der Waals surface area contributed by atoms with E-state index < -0.39 is 21.8 Å². The summed E-state index contributed by atoms with van der Waals surface area (Å²) in [4.78, 5) is 0. The summed E-state index contributed by atoms with van der Waals surface area (Å²) in [6.07, 6.45) is 0. The maximum atomic E-state index is 2.47. The van der Waals surface area contributed by atoms with Gasteiger partial charge in [-0.3, -0.25) is 0 Å². The van der Waals surface area contributed by atoms with Crippen LogP contribution in [-0.4, -0.2) is 21.8 Å². The van der Waals surface area contributed by atoms with Crippen molar-refractivity contribution < 1.29 is 0 Å². The van der Waals surface area contributed by atoms with Gasteiger partial charge in [-0.15, -0.1) is 0 Å². The topological polar surface area (TPSA) is 0 Å². The summed E-state index contributed by atoms with van der Waals surface area (Å²) in [6, 6.07) is 0. The van der Waals surface area contributed by atoms with Gasteiger partial charge in [-0.2, -0.15) is 0 Å². The van der Waals surface area contributed by atoms with E-state index in [4.69, 9.17) is 0 Å². The van der Waals surface area contributed by atoms with E-state index in [9.17, 15) is 0 Å². The molecule has 0 aromatic rings. The third-order valence-corrected chi connectivity index (χ3v) is 6.94. The molecule has 0 aliphatic heterocycles. The predicted octanol–water partition coefficient (Wildman–Crippen LogP) is 2.79. The van der Waals surface area contributed by atoms with Crippen LogP contribution in [0.25, 0.3) is 0 Å². The number of rotatable bonds is 1. The van der Waals surface area contributed by atoms with Crippen LogP contribution in [0.2, 0.25) is 13.4 Å². The Hall–Kier alpha value is 0.883. The molecule has 0 atom stereocenters. The molecule has 0 saturated carbocycles. The van der Waals surface area contributed by atoms with Crippen LogP contribution in [0.15, 0.2) is 0 Å². The van der Waals surface area contributed by atoms with Crippen LogP contribution in [0.3, 0.4) is 0 Å². The fraction of sp³-hybridized carbons (Fsp3) is 1.00. The molecule has 0 saturated heterocycles. The summed E-state index contributed by atoms with van der Waals surface area (Å²) in [5.41, 5.74) is 0.613. The van der Waals surface area contributed by atoms with E-state index in [0.29, 0.717) is 5.41 Å². The normalized spacial score (nSPS) is 12.8. The summed E-state index contributed by atoms with van der Waals surface area (Å²) in [5.74, 6) is 0. The summed E-state index contributed by atoms with van der Waals surface area (Å²) in [6.45, 7) is 7.01. The first-order valence-corrected chi connectivity index (χ1v) is 12.5. The van der Waals surface area contributed by atoms with Crippen molar-refractivity contribution in [3.63, 3.8) is 0 Å². The average molecular weight is 310 g/mol. The predicted molar refractivity (Wildman–Crippen MR) is 41.7 cm³/mol. The third-order valence-electron chi connectivity index (χ3n) is 0.791. The van der Waals surface area contributed by atoms with Crippen molar-refractivity contribution in [1.82, 2.24) is 0 Å². The van der Waals surface area contributed by atoms with Gasteiger partial charge in [0.25, 0.3) is 0 Å². The molecular weight excluding hydrogens is 293 g/mol. The molecule has 0 aliphatic rings. The molecule has 0 radical (unpaired) electrons. The van der Waals surface area contributed by atoms with Crippen molar-refractivity contribution in [3.05, 3.63) is 0 Å². The van der Waals surface area contributed by atoms with Crippen molar-refractivity contribution in [2.75, 3.05) is 0 Å². The zero-order chi connectivity index (χ0) is 6.78. The SMILES string of the molecule is [CH3][Bi]([CH3])[CH2]C(C)(C)C. The van der Waals surface area contributed by atoms with Gasteiger partial charge in [-0.25, -0.2) is 0 Å². The van der Waals surface area contributed by atoms with Gasteiger partial charge in [0.1, 0.15) is 0 Å². The molecule has 0 aliphatic carbocycles. The molecule has 0 bridgehead atoms. The summed E-state index contributed by atoms with van der Waals surface area (Å²) in [5, 5.41) is 0. The van der Waals surface area contributed by atoms with E-state index in [-0.39, 0.29) is 0 Å². The molecule has 0 N–H and O–H groups in total. The van der Waals surface area contributed by atoms with Gasteiger partial charge in [-0.1, -0.05) is 0 Å². The van der Waals surface area contributed by atoms with Crippen LogP contribution >= 0.6 is 0 Å². The van der Waals surface area contributed by atoms with Gasteiger partial charge < -0.3 is 0 Å². The van der Waals surface area contributed by atoms with Gasteiger partial charge in [0.05, 0.1) is 0 Å². The fourth-order valence-electron chi connectivity index (χ4n) is 0.949. The van der Waals surface area contributed by atoms with E-state index in [1.165, 1.54) is 4.13 Å². The number of hydrogen-bond donors (Lipinski definition) is 0. The van der Waals surface area contributed by atoms with E-state index in [1.807, 2.05) is 0 Å². The Kier molecular flexibility index (Phi) is 3.50. The molecule has 0 unspecified atom stereocenters. The third kappa shape index (κ3) is 6.88. The Morgan fingerprint density at radius 3 is 1.50 bits per heavy atom. The standard InChI is InChI=1S/C5H11.2CH3.Bi/c1-5(2,3)4;;;/h1H2,2-4H3;2*1H3;. The first-order valence-electron chi connectivity index (χ1n) is 3.06. The second kappa shape index (κ2) is 3.15. The Morgan fingerprint density at radius 1 is 1.12 bits per heavy atom. The summed E-state index contributed by atoms with van der Waals surface area (Å²) in [7, 11) is 0. The van der Waals surface area contributed by atoms with Crippen molar-refractivity contribution in [2.24, 2.45) is 5.41 Å². The average Bonchev–Trinajstić information content (AvgIpc) is 1.21. The van der Waals surface area contributed by atoms with Crippen LogP contribution in [0.1, 0.15) is 20.8 Å². The first kappa shape index (κ1) is 8.88. The first-order chi connectivity index (χ1) is 3.42. The molecule has 0 rings (SSSR count).